The van der Waals surface area contributed by atoms with E-state index in [0.717, 1.165) is 24.1 Å². The Hall–Kier alpha value is -0.960. The summed E-state index contributed by atoms with van der Waals surface area (Å²) in [5.41, 5.74) is 1.07. The Labute approximate surface area is 122 Å². The predicted molar refractivity (Wildman–Crippen MR) is 81.2 cm³/mol. The molecule has 0 radical (unpaired) electrons. The molecule has 1 aromatic heterocycles. The van der Waals surface area contributed by atoms with E-state index in [4.69, 9.17) is 0 Å². The molecule has 1 heterocycles. The smallest absolute Gasteiger partial charge is 0.0769 e. The third-order valence-corrected chi connectivity index (χ3v) is 5.25. The highest BCUT2D eigenvalue weighted by Crippen LogP contribution is 2.38. The minimum absolute atomic E-state index is 0.703. The van der Waals surface area contributed by atoms with Crippen LogP contribution in [0.25, 0.3) is 0 Å². The molecule has 0 bridgehead atoms. The van der Waals surface area contributed by atoms with Crippen LogP contribution < -0.4 is 5.32 Å². The summed E-state index contributed by atoms with van der Waals surface area (Å²) in [6.45, 7) is 0.877. The zero-order chi connectivity index (χ0) is 13.6. The molecule has 2 aliphatic rings. The first-order chi connectivity index (χ1) is 9.93. The first-order valence-electron chi connectivity index (χ1n) is 8.43. The largest absolute Gasteiger partial charge is 0.308 e. The topological polar surface area (TPSA) is 37.8 Å². The summed E-state index contributed by atoms with van der Waals surface area (Å²) in [6, 6.07) is 4.75. The van der Waals surface area contributed by atoms with Gasteiger partial charge in [0, 0.05) is 18.8 Å². The summed E-state index contributed by atoms with van der Waals surface area (Å²) < 4.78 is 0. The summed E-state index contributed by atoms with van der Waals surface area (Å²) in [4.78, 5) is 0. The Morgan fingerprint density at radius 3 is 2.60 bits per heavy atom. The van der Waals surface area contributed by atoms with Gasteiger partial charge in [0.25, 0.3) is 0 Å². The molecular formula is C17H27N3. The average molecular weight is 273 g/mol. The summed E-state index contributed by atoms with van der Waals surface area (Å²) in [6.07, 6.45) is 14.7. The SMILES string of the molecule is c1cnnc(CNC2CCCCC2C2CCCCC2)c1. The molecule has 110 valence electrons. The van der Waals surface area contributed by atoms with Crippen LogP contribution in [0.5, 0.6) is 0 Å². The molecule has 0 aliphatic heterocycles. The Bertz CT molecular complexity index is 386. The van der Waals surface area contributed by atoms with E-state index in [-0.39, 0.29) is 0 Å². The van der Waals surface area contributed by atoms with Crippen molar-refractivity contribution in [2.24, 2.45) is 11.8 Å². The van der Waals surface area contributed by atoms with Gasteiger partial charge in [-0.3, -0.25) is 0 Å². The first kappa shape index (κ1) is 14.0. The molecule has 1 N–H and O–H groups in total. The molecule has 1 aromatic rings. The highest BCUT2D eigenvalue weighted by Gasteiger charge is 2.32. The van der Waals surface area contributed by atoms with Crippen molar-refractivity contribution in [1.29, 1.82) is 0 Å². The molecule has 2 aliphatic carbocycles. The van der Waals surface area contributed by atoms with Crippen LogP contribution in [0.1, 0.15) is 63.5 Å². The molecule has 2 atom stereocenters. The van der Waals surface area contributed by atoms with Gasteiger partial charge in [-0.15, -0.1) is 0 Å². The first-order valence-corrected chi connectivity index (χ1v) is 8.43. The lowest BCUT2D eigenvalue weighted by Crippen LogP contribution is -2.42. The van der Waals surface area contributed by atoms with Gasteiger partial charge in [0.05, 0.1) is 5.69 Å². The van der Waals surface area contributed by atoms with Gasteiger partial charge in [-0.25, -0.2) is 0 Å². The van der Waals surface area contributed by atoms with Crippen LogP contribution in [0.15, 0.2) is 18.3 Å². The Balaban J connectivity index is 1.57. The van der Waals surface area contributed by atoms with E-state index in [1.165, 1.54) is 57.8 Å². The van der Waals surface area contributed by atoms with Gasteiger partial charge < -0.3 is 5.32 Å². The highest BCUT2D eigenvalue weighted by molar-refractivity contribution is 4.99. The number of rotatable bonds is 4. The molecular weight excluding hydrogens is 246 g/mol. The molecule has 3 rings (SSSR count). The second-order valence-electron chi connectivity index (χ2n) is 6.55. The van der Waals surface area contributed by atoms with E-state index < -0.39 is 0 Å². The molecule has 3 heteroatoms. The second-order valence-corrected chi connectivity index (χ2v) is 6.55. The van der Waals surface area contributed by atoms with Crippen molar-refractivity contribution in [1.82, 2.24) is 15.5 Å². The molecule has 2 fully saturated rings. The summed E-state index contributed by atoms with van der Waals surface area (Å²) in [5, 5.41) is 11.9. The normalized spacial score (nSPS) is 28.4. The zero-order valence-corrected chi connectivity index (χ0v) is 12.4. The number of aromatic nitrogens is 2. The van der Waals surface area contributed by atoms with Gasteiger partial charge in [-0.2, -0.15) is 10.2 Å². The lowest BCUT2D eigenvalue weighted by Gasteiger charge is -2.39. The third kappa shape index (κ3) is 3.57. The molecule has 0 saturated heterocycles. The molecule has 20 heavy (non-hydrogen) atoms. The summed E-state index contributed by atoms with van der Waals surface area (Å²) in [7, 11) is 0. The number of nitrogens with zero attached hydrogens (tertiary/aromatic N) is 2. The molecule has 2 unspecified atom stereocenters. The van der Waals surface area contributed by atoms with E-state index in [1.807, 2.05) is 6.07 Å². The van der Waals surface area contributed by atoms with E-state index in [0.29, 0.717) is 6.04 Å². The van der Waals surface area contributed by atoms with E-state index in [2.05, 4.69) is 21.6 Å². The van der Waals surface area contributed by atoms with Crippen molar-refractivity contribution in [3.05, 3.63) is 24.0 Å². The van der Waals surface area contributed by atoms with Crippen LogP contribution in [-0.4, -0.2) is 16.2 Å². The molecule has 0 spiro atoms. The quantitative estimate of drug-likeness (QED) is 0.909. The Morgan fingerprint density at radius 1 is 1.00 bits per heavy atom. The van der Waals surface area contributed by atoms with Crippen LogP contribution in [0, 0.1) is 11.8 Å². The van der Waals surface area contributed by atoms with E-state index >= 15 is 0 Å². The van der Waals surface area contributed by atoms with Gasteiger partial charge in [0.1, 0.15) is 0 Å². The minimum atomic E-state index is 0.703. The van der Waals surface area contributed by atoms with Gasteiger partial charge in [0.15, 0.2) is 0 Å². The van der Waals surface area contributed by atoms with E-state index in [9.17, 15) is 0 Å². The fourth-order valence-corrected chi connectivity index (χ4v) is 4.20. The van der Waals surface area contributed by atoms with Crippen molar-refractivity contribution >= 4 is 0 Å². The molecule has 0 aromatic carbocycles. The third-order valence-electron chi connectivity index (χ3n) is 5.25. The average Bonchev–Trinajstić information content (AvgIpc) is 2.55. The van der Waals surface area contributed by atoms with Gasteiger partial charge in [0.2, 0.25) is 0 Å². The number of hydrogen-bond donors (Lipinski definition) is 1. The van der Waals surface area contributed by atoms with Crippen LogP contribution in [-0.2, 0) is 6.54 Å². The Morgan fingerprint density at radius 2 is 1.80 bits per heavy atom. The number of hydrogen-bond acceptors (Lipinski definition) is 3. The van der Waals surface area contributed by atoms with Crippen molar-refractivity contribution < 1.29 is 0 Å². The van der Waals surface area contributed by atoms with Crippen LogP contribution in [0.2, 0.25) is 0 Å². The highest BCUT2D eigenvalue weighted by atomic mass is 15.1. The molecule has 3 nitrogen and oxygen atoms in total. The maximum Gasteiger partial charge on any atom is 0.0769 e. The maximum absolute atomic E-state index is 4.19. The summed E-state index contributed by atoms with van der Waals surface area (Å²) in [5.74, 6) is 1.88. The maximum atomic E-state index is 4.19. The van der Waals surface area contributed by atoms with Gasteiger partial charge >= 0.3 is 0 Å². The molecule has 0 amide bonds. The molecule has 2 saturated carbocycles. The second kappa shape index (κ2) is 7.16. The monoisotopic (exact) mass is 273 g/mol. The van der Waals surface area contributed by atoms with Crippen LogP contribution in [0.4, 0.5) is 0 Å². The zero-order valence-electron chi connectivity index (χ0n) is 12.4. The lowest BCUT2D eigenvalue weighted by molar-refractivity contribution is 0.149. The van der Waals surface area contributed by atoms with Crippen molar-refractivity contribution in [2.45, 2.75) is 70.4 Å². The fraction of sp³-hybridized carbons (Fsp3) is 0.765. The van der Waals surface area contributed by atoms with Crippen LogP contribution in [0.3, 0.4) is 0 Å². The number of nitrogens with one attached hydrogen (secondary N) is 1. The van der Waals surface area contributed by atoms with Crippen molar-refractivity contribution in [3.63, 3.8) is 0 Å². The van der Waals surface area contributed by atoms with Gasteiger partial charge in [-0.05, 0) is 36.8 Å². The van der Waals surface area contributed by atoms with Crippen LogP contribution >= 0.6 is 0 Å². The van der Waals surface area contributed by atoms with Crippen molar-refractivity contribution in [2.75, 3.05) is 0 Å². The lowest BCUT2D eigenvalue weighted by atomic mass is 9.71. The van der Waals surface area contributed by atoms with E-state index in [1.54, 1.807) is 6.20 Å². The Kier molecular flexibility index (Phi) is 5.01. The summed E-state index contributed by atoms with van der Waals surface area (Å²) >= 11 is 0. The minimum Gasteiger partial charge on any atom is -0.308 e. The van der Waals surface area contributed by atoms with Gasteiger partial charge in [-0.1, -0.05) is 44.9 Å². The standard InChI is InChI=1S/C17H27N3/c1-2-7-14(8-3-1)16-10-4-5-11-17(16)18-13-15-9-6-12-19-20-15/h6,9,12,14,16-18H,1-5,7-8,10-11,13H2. The van der Waals surface area contributed by atoms with Crippen molar-refractivity contribution in [3.8, 4) is 0 Å². The fourth-order valence-electron chi connectivity index (χ4n) is 4.20. The predicted octanol–water partition coefficient (Wildman–Crippen LogP) is 3.71.